The fraction of sp³-hybridized carbons (Fsp3) is 0.0588. The van der Waals surface area contributed by atoms with Crippen molar-refractivity contribution >= 4 is 5.91 Å². The van der Waals surface area contributed by atoms with E-state index in [0.717, 1.165) is 16.8 Å². The minimum Gasteiger partial charge on any atom is -0.481 e. The zero-order chi connectivity index (χ0) is 19.6. The Labute approximate surface area is 150 Å². The van der Waals surface area contributed by atoms with Crippen molar-refractivity contribution < 1.29 is 22.7 Å². The maximum atomic E-state index is 14.1. The second-order valence-electron chi connectivity index (χ2n) is 5.22. The highest BCUT2D eigenvalue weighted by Gasteiger charge is 2.20. The summed E-state index contributed by atoms with van der Waals surface area (Å²) in [4.78, 5) is 23.0. The van der Waals surface area contributed by atoms with Gasteiger partial charge < -0.3 is 14.9 Å². The standard InChI is InChI=1S/C17H10F2N4O4/c18-11-5-6-12(15(19)14(11)16(21)24)26-8-13-22-23(17(25)27-13)10-3-1-9(7-20)2-4-10/h1-6H,8H2,(H2,21,24). The van der Waals surface area contributed by atoms with Gasteiger partial charge in [-0.3, -0.25) is 4.79 Å². The Morgan fingerprint density at radius 3 is 2.59 bits per heavy atom. The molecular weight excluding hydrogens is 362 g/mol. The first-order chi connectivity index (χ1) is 12.9. The molecule has 0 aliphatic carbocycles. The lowest BCUT2D eigenvalue weighted by molar-refractivity contribution is 0.0991. The van der Waals surface area contributed by atoms with Gasteiger partial charge in [-0.05, 0) is 36.4 Å². The van der Waals surface area contributed by atoms with E-state index in [2.05, 4.69) is 5.10 Å². The number of halogens is 2. The molecule has 0 radical (unpaired) electrons. The van der Waals surface area contributed by atoms with Crippen molar-refractivity contribution in [1.82, 2.24) is 9.78 Å². The molecule has 0 saturated heterocycles. The van der Waals surface area contributed by atoms with Crippen molar-refractivity contribution in [3.63, 3.8) is 0 Å². The molecule has 0 saturated carbocycles. The third kappa shape index (κ3) is 3.52. The molecule has 0 fully saturated rings. The first-order valence-electron chi connectivity index (χ1n) is 7.41. The molecule has 1 amide bonds. The van der Waals surface area contributed by atoms with E-state index in [-0.39, 0.29) is 5.89 Å². The van der Waals surface area contributed by atoms with Crippen LogP contribution in [0, 0.1) is 23.0 Å². The number of carbonyl (C=O) groups excluding carboxylic acids is 1. The van der Waals surface area contributed by atoms with E-state index in [4.69, 9.17) is 20.1 Å². The third-order valence-corrected chi connectivity index (χ3v) is 3.48. The number of nitrogens with zero attached hydrogens (tertiary/aromatic N) is 3. The van der Waals surface area contributed by atoms with Gasteiger partial charge in [0.1, 0.15) is 11.4 Å². The quantitative estimate of drug-likeness (QED) is 0.726. The smallest absolute Gasteiger partial charge is 0.442 e. The number of ether oxygens (including phenoxy) is 1. The first kappa shape index (κ1) is 17.8. The molecule has 27 heavy (non-hydrogen) atoms. The summed E-state index contributed by atoms with van der Waals surface area (Å²) in [5, 5.41) is 12.7. The number of primary amides is 1. The van der Waals surface area contributed by atoms with Crippen molar-refractivity contribution in [3.05, 3.63) is 75.6 Å². The van der Waals surface area contributed by atoms with E-state index in [0.29, 0.717) is 11.3 Å². The summed E-state index contributed by atoms with van der Waals surface area (Å²) in [5.41, 5.74) is 4.74. The van der Waals surface area contributed by atoms with Gasteiger partial charge in [0.25, 0.3) is 11.8 Å². The van der Waals surface area contributed by atoms with E-state index in [1.165, 1.54) is 24.3 Å². The number of nitriles is 1. The van der Waals surface area contributed by atoms with Crippen LogP contribution in [0.1, 0.15) is 21.8 Å². The van der Waals surface area contributed by atoms with Crippen molar-refractivity contribution in [2.75, 3.05) is 0 Å². The Kier molecular flexibility index (Phi) is 4.68. The van der Waals surface area contributed by atoms with Gasteiger partial charge in [-0.15, -0.1) is 5.10 Å². The zero-order valence-electron chi connectivity index (χ0n) is 13.5. The molecule has 3 rings (SSSR count). The Balaban J connectivity index is 1.82. The molecule has 0 bridgehead atoms. The molecule has 0 aliphatic rings. The molecule has 1 heterocycles. The summed E-state index contributed by atoms with van der Waals surface area (Å²) in [5.74, 6) is -5.14. The van der Waals surface area contributed by atoms with E-state index in [1.54, 1.807) is 0 Å². The highest BCUT2D eigenvalue weighted by molar-refractivity contribution is 5.93. The minimum absolute atomic E-state index is 0.186. The molecule has 0 unspecified atom stereocenters. The van der Waals surface area contributed by atoms with Crippen LogP contribution in [0.15, 0.2) is 45.6 Å². The van der Waals surface area contributed by atoms with Gasteiger partial charge in [0.05, 0.1) is 17.3 Å². The molecule has 2 aromatic carbocycles. The molecular formula is C17H10F2N4O4. The van der Waals surface area contributed by atoms with Gasteiger partial charge in [-0.25, -0.2) is 13.6 Å². The maximum absolute atomic E-state index is 14.1. The van der Waals surface area contributed by atoms with Crippen LogP contribution >= 0.6 is 0 Å². The number of aromatic nitrogens is 2. The lowest BCUT2D eigenvalue weighted by Crippen LogP contribution is -2.16. The van der Waals surface area contributed by atoms with Crippen LogP contribution in [-0.4, -0.2) is 15.7 Å². The molecule has 8 nitrogen and oxygen atoms in total. The molecule has 10 heteroatoms. The second kappa shape index (κ2) is 7.09. The van der Waals surface area contributed by atoms with Crippen molar-refractivity contribution in [3.8, 4) is 17.5 Å². The van der Waals surface area contributed by atoms with Crippen LogP contribution in [0.4, 0.5) is 8.78 Å². The van der Waals surface area contributed by atoms with E-state index >= 15 is 0 Å². The zero-order valence-corrected chi connectivity index (χ0v) is 13.5. The lowest BCUT2D eigenvalue weighted by atomic mass is 10.2. The minimum atomic E-state index is -1.29. The summed E-state index contributed by atoms with van der Waals surface area (Å²) < 4.78 is 38.5. The van der Waals surface area contributed by atoms with E-state index in [9.17, 15) is 18.4 Å². The molecule has 0 aliphatic heterocycles. The Bertz CT molecular complexity index is 1110. The normalized spacial score (nSPS) is 10.4. The molecule has 136 valence electrons. The summed E-state index contributed by atoms with van der Waals surface area (Å²) in [6.07, 6.45) is 0. The predicted molar refractivity (Wildman–Crippen MR) is 86.0 cm³/mol. The molecule has 2 N–H and O–H groups in total. The molecule has 1 aromatic heterocycles. The van der Waals surface area contributed by atoms with Gasteiger partial charge in [-0.1, -0.05) is 0 Å². The van der Waals surface area contributed by atoms with Crippen LogP contribution < -0.4 is 16.2 Å². The van der Waals surface area contributed by atoms with E-state index in [1.807, 2.05) is 6.07 Å². The molecule has 0 spiro atoms. The number of hydrogen-bond acceptors (Lipinski definition) is 6. The topological polar surface area (TPSA) is 124 Å². The number of rotatable bonds is 5. The van der Waals surface area contributed by atoms with Crippen molar-refractivity contribution in [2.45, 2.75) is 6.61 Å². The fourth-order valence-electron chi connectivity index (χ4n) is 2.23. The van der Waals surface area contributed by atoms with Gasteiger partial charge in [0.2, 0.25) is 0 Å². The van der Waals surface area contributed by atoms with Crippen LogP contribution in [0.25, 0.3) is 5.69 Å². The average Bonchev–Trinajstić information content (AvgIpc) is 3.01. The average molecular weight is 372 g/mol. The highest BCUT2D eigenvalue weighted by atomic mass is 19.1. The van der Waals surface area contributed by atoms with Crippen LogP contribution in [0.2, 0.25) is 0 Å². The Morgan fingerprint density at radius 1 is 1.26 bits per heavy atom. The predicted octanol–water partition coefficient (Wildman–Crippen LogP) is 1.65. The van der Waals surface area contributed by atoms with Gasteiger partial charge in [0, 0.05) is 0 Å². The largest absolute Gasteiger partial charge is 0.481 e. The summed E-state index contributed by atoms with van der Waals surface area (Å²) >= 11 is 0. The Hall–Kier alpha value is -4.00. The number of benzene rings is 2. The summed E-state index contributed by atoms with van der Waals surface area (Å²) in [6.45, 7) is -0.459. The van der Waals surface area contributed by atoms with Crippen LogP contribution in [-0.2, 0) is 6.61 Å². The second-order valence-corrected chi connectivity index (χ2v) is 5.22. The highest BCUT2D eigenvalue weighted by Crippen LogP contribution is 2.23. The summed E-state index contributed by atoms with van der Waals surface area (Å²) in [7, 11) is 0. The number of carbonyl (C=O) groups is 1. The van der Waals surface area contributed by atoms with Gasteiger partial charge in [0.15, 0.2) is 18.2 Å². The lowest BCUT2D eigenvalue weighted by Gasteiger charge is -2.07. The third-order valence-electron chi connectivity index (χ3n) is 3.48. The SMILES string of the molecule is N#Cc1ccc(-n2nc(COc3ccc(F)c(C(N)=O)c3F)oc2=O)cc1. The number of amides is 1. The van der Waals surface area contributed by atoms with Gasteiger partial charge in [-0.2, -0.15) is 9.94 Å². The van der Waals surface area contributed by atoms with Gasteiger partial charge >= 0.3 is 5.76 Å². The number of nitrogens with two attached hydrogens (primary N) is 1. The fourth-order valence-corrected chi connectivity index (χ4v) is 2.23. The van der Waals surface area contributed by atoms with Crippen LogP contribution in [0.5, 0.6) is 5.75 Å². The van der Waals surface area contributed by atoms with Crippen molar-refractivity contribution in [2.24, 2.45) is 5.73 Å². The van der Waals surface area contributed by atoms with E-state index < -0.39 is 41.2 Å². The first-order valence-corrected chi connectivity index (χ1v) is 7.41. The number of hydrogen-bond donors (Lipinski definition) is 1. The molecule has 3 aromatic rings. The monoisotopic (exact) mass is 372 g/mol. The molecule has 0 atom stereocenters. The summed E-state index contributed by atoms with van der Waals surface area (Å²) in [6, 6.07) is 9.70. The van der Waals surface area contributed by atoms with Crippen molar-refractivity contribution in [1.29, 1.82) is 5.26 Å². The van der Waals surface area contributed by atoms with Crippen LogP contribution in [0.3, 0.4) is 0 Å². The maximum Gasteiger partial charge on any atom is 0.442 e. The Morgan fingerprint density at radius 2 is 1.96 bits per heavy atom.